The topological polar surface area (TPSA) is 16.3 Å². The molecule has 21 rings (SSSR count). The van der Waals surface area contributed by atoms with E-state index in [-0.39, 0.29) is 6.71 Å². The van der Waals surface area contributed by atoms with Gasteiger partial charge in [-0.05, 0) is 131 Å². The van der Waals surface area contributed by atoms with Crippen molar-refractivity contribution in [3.63, 3.8) is 0 Å². The molecular weight excluding hydrogens is 1440 g/mol. The Kier molecular flexibility index (Phi) is 18.3. The summed E-state index contributed by atoms with van der Waals surface area (Å²) in [6.07, 6.45) is 0. The van der Waals surface area contributed by atoms with E-state index in [1.165, 1.54) is 22.0 Å². The highest BCUT2D eigenvalue weighted by Crippen LogP contribution is 2.58. The zero-order valence-electron chi connectivity index (χ0n) is 66.6. The van der Waals surface area contributed by atoms with Gasteiger partial charge in [-0.25, -0.2) is 0 Å². The quantitative estimate of drug-likeness (QED) is 0.0897. The molecule has 0 radical (unpaired) electrons. The van der Waals surface area contributed by atoms with Crippen LogP contribution in [0.3, 0.4) is 0 Å². The molecule has 119 heavy (non-hydrogen) atoms. The molecule has 5 heteroatoms. The lowest BCUT2D eigenvalue weighted by Gasteiger charge is -2.46. The highest BCUT2D eigenvalue weighted by molar-refractivity contribution is 7.00. The number of nitrogens with zero attached hydrogens (tertiary/aromatic N) is 4. The van der Waals surface area contributed by atoms with Gasteiger partial charge in [0.15, 0.2) is 0 Å². The summed E-state index contributed by atoms with van der Waals surface area (Å²) < 4.78 is 5.21. The Labute approximate surface area is 697 Å². The largest absolute Gasteiger partial charge is 0.310 e. The normalized spacial score (nSPS) is 12.1. The van der Waals surface area contributed by atoms with Crippen LogP contribution in [0.2, 0.25) is 0 Å². The van der Waals surface area contributed by atoms with E-state index >= 15 is 0 Å². The lowest BCUT2D eigenvalue weighted by Crippen LogP contribution is -2.61. The first-order valence-electron chi connectivity index (χ1n) is 41.3. The van der Waals surface area contributed by atoms with Crippen LogP contribution in [0.4, 0.5) is 34.1 Å². The van der Waals surface area contributed by atoms with Crippen molar-refractivity contribution in [1.82, 2.24) is 9.13 Å². The van der Waals surface area contributed by atoms with E-state index in [0.717, 1.165) is 180 Å². The smallest absolute Gasteiger partial charge is 0.252 e. The lowest BCUT2D eigenvalue weighted by atomic mass is 9.33. The van der Waals surface area contributed by atoms with E-state index in [9.17, 15) is 0 Å². The van der Waals surface area contributed by atoms with Gasteiger partial charge >= 0.3 is 0 Å². The Morgan fingerprint density at radius 1 is 0.202 bits per heavy atom. The summed E-state index contributed by atoms with van der Waals surface area (Å²) in [5.41, 5.74) is 39.9. The molecule has 17 aromatic carbocycles. The van der Waals surface area contributed by atoms with Crippen molar-refractivity contribution in [2.75, 3.05) is 9.80 Å². The third-order valence-corrected chi connectivity index (χ3v) is 24.1. The van der Waals surface area contributed by atoms with E-state index in [0.29, 0.717) is 0 Å². The molecule has 0 saturated heterocycles. The molecule has 2 aromatic heterocycles. The molecular formula is C114H83BN4. The van der Waals surface area contributed by atoms with Gasteiger partial charge in [0, 0.05) is 78.6 Å². The van der Waals surface area contributed by atoms with Crippen molar-refractivity contribution in [2.24, 2.45) is 0 Å². The third kappa shape index (κ3) is 12.6. The minimum Gasteiger partial charge on any atom is -0.310 e. The first-order valence-corrected chi connectivity index (χ1v) is 41.3. The highest BCUT2D eigenvalue weighted by Gasteiger charge is 2.47. The minimum absolute atomic E-state index is 0.346. The van der Waals surface area contributed by atoms with E-state index in [1.54, 1.807) is 0 Å². The van der Waals surface area contributed by atoms with Gasteiger partial charge in [0.2, 0.25) is 0 Å². The predicted octanol–water partition coefficient (Wildman–Crippen LogP) is 28.7. The summed E-state index contributed by atoms with van der Waals surface area (Å²) >= 11 is 0. The molecule has 0 amide bonds. The molecule has 4 nitrogen and oxygen atoms in total. The van der Waals surface area contributed by atoms with Crippen molar-refractivity contribution in [3.05, 3.63) is 454 Å². The number of anilines is 6. The number of benzene rings is 17. The summed E-state index contributed by atoms with van der Waals surface area (Å²) in [4.78, 5) is 5.43. The predicted molar refractivity (Wildman–Crippen MR) is 503 cm³/mol. The average Bonchev–Trinajstić information content (AvgIpc) is 0.884. The summed E-state index contributed by atoms with van der Waals surface area (Å²) in [6, 6.07) is 167. The molecule has 562 valence electrons. The fourth-order valence-electron chi connectivity index (χ4n) is 18.8. The van der Waals surface area contributed by atoms with Gasteiger partial charge in [-0.2, -0.15) is 0 Å². The Bertz CT molecular complexity index is 6200. The molecule has 2 aliphatic rings. The number of rotatable bonds is 16. The summed E-state index contributed by atoms with van der Waals surface area (Å²) in [5.74, 6) is 0. The van der Waals surface area contributed by atoms with Gasteiger partial charge in [0.25, 0.3) is 6.71 Å². The van der Waals surface area contributed by atoms with Crippen molar-refractivity contribution < 1.29 is 0 Å². The fourth-order valence-corrected chi connectivity index (χ4v) is 18.8. The fraction of sp³-hybridized carbons (Fsp3) is 0.0351. The maximum Gasteiger partial charge on any atom is 0.252 e. The molecule has 2 aliphatic heterocycles. The second-order valence-electron chi connectivity index (χ2n) is 32.1. The molecule has 0 unspecified atom stereocenters. The molecule has 4 heterocycles. The van der Waals surface area contributed by atoms with E-state index in [1.807, 2.05) is 0 Å². The monoisotopic (exact) mass is 1520 g/mol. The summed E-state index contributed by atoms with van der Waals surface area (Å²) in [5, 5.41) is 0. The summed E-state index contributed by atoms with van der Waals surface area (Å²) in [7, 11) is 0. The van der Waals surface area contributed by atoms with E-state index < -0.39 is 5.41 Å². The Morgan fingerprint density at radius 2 is 0.420 bits per heavy atom. The summed E-state index contributed by atoms with van der Waals surface area (Å²) in [6.45, 7) is 6.84. The number of para-hydroxylation sites is 2. The van der Waals surface area contributed by atoms with E-state index in [2.05, 4.69) is 489 Å². The maximum atomic E-state index is 2.71. The average molecular weight is 1520 g/mol. The van der Waals surface area contributed by atoms with Crippen LogP contribution < -0.4 is 26.2 Å². The van der Waals surface area contributed by atoms with Gasteiger partial charge in [-0.1, -0.05) is 433 Å². The number of fused-ring (bicyclic) bond motifs is 4. The molecule has 0 aliphatic carbocycles. The standard InChI is InChI=1S/C114H83BN4/c1-114(2,3)90-74-101-107-102(75-90)119(113-95(80-46-20-6-21-47-80)68-41-69-96(113)81-48-22-7-23-49-81)100-77-92(117-110(88-62-36-14-37-63-88)105(84-54-28-10-29-55-84)106(85-56-30-11-31-57-85)111(117)89-64-38-15-39-65-89)71-73-98(100)115(107)97-72-70-91(76-99(97)118(101)112-93(78-42-16-4-17-43-78)66-40-67-94(112)79-44-18-5-19-45-79)116-108(86-58-32-12-33-59-86)103(82-50-24-8-25-51-82)104(83-52-26-9-27-53-83)109(116)87-60-34-13-35-61-87/h4-77H,1-3H3. The Morgan fingerprint density at radius 3 is 0.647 bits per heavy atom. The van der Waals surface area contributed by atoms with Crippen LogP contribution in [-0.4, -0.2) is 15.8 Å². The first kappa shape index (κ1) is 71.7. The number of hydrogen-bond donors (Lipinski definition) is 0. The van der Waals surface area contributed by atoms with Crippen LogP contribution in [0.1, 0.15) is 26.3 Å². The van der Waals surface area contributed by atoms with Gasteiger partial charge in [-0.15, -0.1) is 0 Å². The minimum atomic E-state index is -0.394. The van der Waals surface area contributed by atoms with Crippen molar-refractivity contribution in [3.8, 4) is 145 Å². The molecule has 0 bridgehead atoms. The Hall–Kier alpha value is -15.0. The van der Waals surface area contributed by atoms with Crippen LogP contribution in [0.5, 0.6) is 0 Å². The first-order chi connectivity index (χ1) is 58.8. The van der Waals surface area contributed by atoms with Gasteiger partial charge < -0.3 is 18.9 Å². The van der Waals surface area contributed by atoms with Gasteiger partial charge in [0.1, 0.15) is 0 Å². The Balaban J connectivity index is 0.952. The molecule has 0 fully saturated rings. The second-order valence-corrected chi connectivity index (χ2v) is 32.1. The zero-order valence-corrected chi connectivity index (χ0v) is 66.6. The molecule has 0 spiro atoms. The van der Waals surface area contributed by atoms with Crippen molar-refractivity contribution in [1.29, 1.82) is 0 Å². The highest BCUT2D eigenvalue weighted by atomic mass is 15.2. The van der Waals surface area contributed by atoms with Crippen LogP contribution in [0, 0.1) is 0 Å². The molecule has 0 atom stereocenters. The molecule has 0 N–H and O–H groups in total. The van der Waals surface area contributed by atoms with Gasteiger partial charge in [-0.3, -0.25) is 0 Å². The van der Waals surface area contributed by atoms with Crippen LogP contribution >= 0.6 is 0 Å². The van der Waals surface area contributed by atoms with Crippen molar-refractivity contribution >= 4 is 57.2 Å². The van der Waals surface area contributed by atoms with Crippen molar-refractivity contribution in [2.45, 2.75) is 26.2 Å². The zero-order chi connectivity index (χ0) is 79.5. The second kappa shape index (κ2) is 30.3. The molecule has 0 saturated carbocycles. The maximum absolute atomic E-state index is 2.71. The van der Waals surface area contributed by atoms with Crippen LogP contribution in [0.25, 0.3) is 145 Å². The SMILES string of the molecule is CC(C)(C)c1cc2c3c(c1)N(c1c(-c4ccccc4)cccc1-c1ccccc1)c1cc(-n4c(-c5ccccc5)c(-c5ccccc5)c(-c5ccccc5)c4-c4ccccc4)ccc1B3c1ccc(-n3c(-c4ccccc4)c(-c4ccccc4)c(-c4ccccc4)c3-c3ccccc3)cc1N2c1c(-c2ccccc2)cccc1-c1ccccc1. The molecule has 19 aromatic rings. The number of hydrogen-bond acceptors (Lipinski definition) is 2. The van der Waals surface area contributed by atoms with Crippen LogP contribution in [0.15, 0.2) is 449 Å². The van der Waals surface area contributed by atoms with E-state index in [4.69, 9.17) is 0 Å². The number of aromatic nitrogens is 2. The van der Waals surface area contributed by atoms with Crippen LogP contribution in [-0.2, 0) is 5.41 Å². The van der Waals surface area contributed by atoms with Gasteiger partial charge in [0.05, 0.1) is 34.2 Å². The lowest BCUT2D eigenvalue weighted by molar-refractivity contribution is 0.590. The third-order valence-electron chi connectivity index (χ3n) is 24.1.